The molecule has 0 spiro atoms. The van der Waals surface area contributed by atoms with Crippen molar-refractivity contribution in [1.29, 1.82) is 10.8 Å². The summed E-state index contributed by atoms with van der Waals surface area (Å²) in [5.74, 6) is -0.563. The fraction of sp³-hybridized carbons (Fsp3) is 0.550. The zero-order chi connectivity index (χ0) is 21.7. The first-order chi connectivity index (χ1) is 14.3. The summed E-state index contributed by atoms with van der Waals surface area (Å²) in [6.07, 6.45) is 1.27. The average Bonchev–Trinajstić information content (AvgIpc) is 2.72. The van der Waals surface area contributed by atoms with E-state index in [1.54, 1.807) is 0 Å². The van der Waals surface area contributed by atoms with E-state index in [4.69, 9.17) is 27.4 Å². The first kappa shape index (κ1) is 27.9. The number of nitrogens with zero attached hydrogens (tertiary/aromatic N) is 4. The van der Waals surface area contributed by atoms with E-state index in [1.807, 2.05) is 29.2 Å². The van der Waals surface area contributed by atoms with Gasteiger partial charge in [0.2, 0.25) is 0 Å². The number of nitrogens with one attached hydrogen (secondary N) is 2. The van der Waals surface area contributed by atoms with Gasteiger partial charge < -0.3 is 21.5 Å². The number of halogens is 2. The van der Waals surface area contributed by atoms with E-state index in [0.717, 1.165) is 56.9 Å². The van der Waals surface area contributed by atoms with Crippen molar-refractivity contribution in [2.75, 3.05) is 57.3 Å². The number of nitrogen functional groups attached to an aromatic ring is 1. The third kappa shape index (κ3) is 7.49. The summed E-state index contributed by atoms with van der Waals surface area (Å²) in [4.78, 5) is 15.4. The largest absolute Gasteiger partial charge is 0.480 e. The van der Waals surface area contributed by atoms with Crippen LogP contribution in [0.2, 0.25) is 0 Å². The van der Waals surface area contributed by atoms with Gasteiger partial charge in [0, 0.05) is 69.5 Å². The molecule has 3 rings (SSSR count). The van der Waals surface area contributed by atoms with E-state index in [-0.39, 0.29) is 49.1 Å². The Balaban J connectivity index is 0.00000256. The lowest BCUT2D eigenvalue weighted by Crippen LogP contribution is -2.63. The number of anilines is 1. The summed E-state index contributed by atoms with van der Waals surface area (Å²) in [5.41, 5.74) is 13.0. The van der Waals surface area contributed by atoms with Crippen LogP contribution in [0.4, 0.5) is 5.69 Å². The predicted octanol–water partition coefficient (Wildman–Crippen LogP) is 0.638. The molecule has 32 heavy (non-hydrogen) atoms. The van der Waals surface area contributed by atoms with Crippen molar-refractivity contribution < 1.29 is 9.90 Å². The zero-order valence-electron chi connectivity index (χ0n) is 18.1. The molecule has 180 valence electrons. The lowest BCUT2D eigenvalue weighted by Gasteiger charge is -2.49. The highest BCUT2D eigenvalue weighted by atomic mass is 35.5. The average molecular weight is 489 g/mol. The van der Waals surface area contributed by atoms with E-state index in [2.05, 4.69) is 14.9 Å². The number of benzene rings is 1. The Morgan fingerprint density at radius 1 is 1.00 bits per heavy atom. The molecule has 0 bridgehead atoms. The number of amidine groups is 2. The summed E-state index contributed by atoms with van der Waals surface area (Å²) >= 11 is 0. The zero-order valence-corrected chi connectivity index (χ0v) is 19.7. The molecule has 2 aliphatic heterocycles. The maximum Gasteiger partial charge on any atom is 0.317 e. The van der Waals surface area contributed by atoms with Crippen molar-refractivity contribution in [2.45, 2.75) is 18.9 Å². The molecular weight excluding hydrogens is 455 g/mol. The molecule has 1 aromatic rings. The second-order valence-corrected chi connectivity index (χ2v) is 7.91. The van der Waals surface area contributed by atoms with E-state index < -0.39 is 5.97 Å². The molecule has 0 saturated carbocycles. The molecule has 1 aromatic carbocycles. The summed E-state index contributed by atoms with van der Waals surface area (Å²) in [6, 6.07) is 7.93. The minimum Gasteiger partial charge on any atom is -0.480 e. The van der Waals surface area contributed by atoms with Gasteiger partial charge >= 0.3 is 5.97 Å². The second-order valence-electron chi connectivity index (χ2n) is 7.91. The molecule has 0 amide bonds. The lowest BCUT2D eigenvalue weighted by atomic mass is 10.1. The van der Waals surface area contributed by atoms with Crippen LogP contribution in [-0.2, 0) is 4.79 Å². The van der Waals surface area contributed by atoms with Crippen molar-refractivity contribution >= 4 is 48.1 Å². The van der Waals surface area contributed by atoms with Gasteiger partial charge in [-0.25, -0.2) is 10.0 Å². The Hall–Kier alpha value is -2.11. The maximum absolute atomic E-state index is 11.1. The third-order valence-corrected chi connectivity index (χ3v) is 5.80. The van der Waals surface area contributed by atoms with Crippen molar-refractivity contribution in [2.24, 2.45) is 11.5 Å². The van der Waals surface area contributed by atoms with Crippen molar-refractivity contribution in [3.8, 4) is 0 Å². The number of piperazine rings is 2. The fourth-order valence-electron chi connectivity index (χ4n) is 4.24. The van der Waals surface area contributed by atoms with Crippen LogP contribution in [0.5, 0.6) is 0 Å². The summed E-state index contributed by atoms with van der Waals surface area (Å²) in [6.45, 7) is 5.75. The highest BCUT2D eigenvalue weighted by Gasteiger charge is 2.33. The molecule has 1 atom stereocenters. The number of rotatable bonds is 8. The topological polar surface area (TPSA) is 150 Å². The van der Waals surface area contributed by atoms with Crippen LogP contribution >= 0.6 is 24.8 Å². The number of carboxylic acids is 1. The Kier molecular flexibility index (Phi) is 11.2. The van der Waals surface area contributed by atoms with Crippen molar-refractivity contribution in [3.05, 3.63) is 29.8 Å². The third-order valence-electron chi connectivity index (χ3n) is 5.80. The molecule has 1 unspecified atom stereocenters. The van der Waals surface area contributed by atoms with Gasteiger partial charge in [0.25, 0.3) is 0 Å². The van der Waals surface area contributed by atoms with E-state index in [9.17, 15) is 4.79 Å². The maximum atomic E-state index is 11.1. The van der Waals surface area contributed by atoms with Crippen LogP contribution in [0.1, 0.15) is 18.4 Å². The number of aliphatic carboxylic acids is 1. The molecule has 0 radical (unpaired) electrons. The standard InChI is InChI=1S/C20H32N8O2.2ClH/c21-18(22)6-5-17-13-25(14-19(29)30)7-12-28(17)27-10-8-26(9-11-27)16-3-1-15(2-4-16)20(23)24;;/h1-4,17H,5-14H2,(H3,21,22)(H3,23,24)(H,29,30);2*1H. The molecule has 10 nitrogen and oxygen atoms in total. The molecule has 2 saturated heterocycles. The van der Waals surface area contributed by atoms with E-state index in [0.29, 0.717) is 13.0 Å². The van der Waals surface area contributed by atoms with Gasteiger partial charge in [-0.15, -0.1) is 24.8 Å². The molecular formula is C20H34Cl2N8O2. The highest BCUT2D eigenvalue weighted by molar-refractivity contribution is 5.95. The highest BCUT2D eigenvalue weighted by Crippen LogP contribution is 2.22. The van der Waals surface area contributed by atoms with Gasteiger partial charge in [0.15, 0.2) is 0 Å². The van der Waals surface area contributed by atoms with Gasteiger partial charge in [0.05, 0.1) is 12.4 Å². The fourth-order valence-corrected chi connectivity index (χ4v) is 4.24. The number of nitrogens with two attached hydrogens (primary N) is 2. The van der Waals surface area contributed by atoms with Gasteiger partial charge in [-0.2, -0.15) is 0 Å². The second kappa shape index (κ2) is 12.8. The van der Waals surface area contributed by atoms with Crippen molar-refractivity contribution in [1.82, 2.24) is 14.9 Å². The Morgan fingerprint density at radius 2 is 1.62 bits per heavy atom. The van der Waals surface area contributed by atoms with Crippen LogP contribution in [0, 0.1) is 10.8 Å². The van der Waals surface area contributed by atoms with Crippen LogP contribution in [-0.4, -0.2) is 96.1 Å². The first-order valence-corrected chi connectivity index (χ1v) is 10.3. The van der Waals surface area contributed by atoms with E-state index in [1.165, 1.54) is 0 Å². The molecule has 0 aromatic heterocycles. The SMILES string of the molecule is Cl.Cl.N=C(N)CCC1CN(CC(=O)O)CCN1N1CCN(c2ccc(C(=N)N)cc2)CC1. The number of hydrogen-bond acceptors (Lipinski definition) is 7. The van der Waals surface area contributed by atoms with Gasteiger partial charge in [-0.3, -0.25) is 20.5 Å². The Labute approximate surface area is 201 Å². The monoisotopic (exact) mass is 488 g/mol. The molecule has 2 aliphatic rings. The molecule has 0 aliphatic carbocycles. The summed E-state index contributed by atoms with van der Waals surface area (Å²) < 4.78 is 0. The Morgan fingerprint density at radius 3 is 2.16 bits per heavy atom. The van der Waals surface area contributed by atoms with Crippen LogP contribution in [0.3, 0.4) is 0 Å². The van der Waals surface area contributed by atoms with E-state index >= 15 is 0 Å². The molecule has 2 heterocycles. The number of hydrazine groups is 1. The minimum absolute atomic E-state index is 0. The van der Waals surface area contributed by atoms with Gasteiger partial charge in [0.1, 0.15) is 5.84 Å². The number of hydrogen-bond donors (Lipinski definition) is 5. The quantitative estimate of drug-likeness (QED) is 0.264. The predicted molar refractivity (Wildman–Crippen MR) is 131 cm³/mol. The summed E-state index contributed by atoms with van der Waals surface area (Å²) in [7, 11) is 0. The molecule has 7 N–H and O–H groups in total. The van der Waals surface area contributed by atoms with Crippen LogP contribution in [0.25, 0.3) is 0 Å². The van der Waals surface area contributed by atoms with Crippen molar-refractivity contribution in [3.63, 3.8) is 0 Å². The minimum atomic E-state index is -0.807. The van der Waals surface area contributed by atoms with Crippen LogP contribution < -0.4 is 16.4 Å². The molecule has 2 fully saturated rings. The van der Waals surface area contributed by atoms with Crippen LogP contribution in [0.15, 0.2) is 24.3 Å². The Bertz CT molecular complexity index is 771. The smallest absolute Gasteiger partial charge is 0.317 e. The summed E-state index contributed by atoms with van der Waals surface area (Å²) in [5, 5.41) is 28.9. The number of carbonyl (C=O) groups is 1. The molecule has 12 heteroatoms. The number of carboxylic acid groups (broad SMARTS) is 1. The first-order valence-electron chi connectivity index (χ1n) is 10.3. The lowest BCUT2D eigenvalue weighted by molar-refractivity contribution is -0.142. The normalized spacial score (nSPS) is 20.1. The van der Waals surface area contributed by atoms with Gasteiger partial charge in [-0.1, -0.05) is 0 Å². The van der Waals surface area contributed by atoms with Gasteiger partial charge in [-0.05, 0) is 30.7 Å².